The van der Waals surface area contributed by atoms with Crippen molar-refractivity contribution in [2.45, 2.75) is 6.10 Å². The molecule has 0 bridgehead atoms. The highest BCUT2D eigenvalue weighted by molar-refractivity contribution is 5.92. The first-order valence-electron chi connectivity index (χ1n) is 6.11. The van der Waals surface area contributed by atoms with Crippen LogP contribution in [0.15, 0.2) is 52.1 Å². The largest absolute Gasteiger partial charge is 0.497 e. The van der Waals surface area contributed by atoms with Gasteiger partial charge in [0.05, 0.1) is 19.9 Å². The smallest absolute Gasteiger partial charge is 0.193 e. The minimum Gasteiger partial charge on any atom is -0.497 e. The number of guanidine groups is 1. The van der Waals surface area contributed by atoms with Crippen LogP contribution < -0.4 is 15.8 Å². The summed E-state index contributed by atoms with van der Waals surface area (Å²) in [6.45, 7) is 0.121. The van der Waals surface area contributed by atoms with Gasteiger partial charge in [-0.05, 0) is 24.3 Å². The highest BCUT2D eigenvalue weighted by Gasteiger charge is 2.09. The SMILES string of the molecule is COc1cccc(NC(N)=NCC(O)c2ccco2)c1. The lowest BCUT2D eigenvalue weighted by molar-refractivity contribution is 0.158. The first-order valence-corrected chi connectivity index (χ1v) is 6.11. The molecule has 0 saturated heterocycles. The zero-order valence-electron chi connectivity index (χ0n) is 11.1. The molecule has 1 unspecified atom stereocenters. The molecule has 0 aliphatic heterocycles. The van der Waals surface area contributed by atoms with Gasteiger partial charge in [-0.1, -0.05) is 6.07 Å². The van der Waals surface area contributed by atoms with Gasteiger partial charge in [-0.3, -0.25) is 0 Å². The summed E-state index contributed by atoms with van der Waals surface area (Å²) in [6.07, 6.45) is 0.691. The predicted octanol–water partition coefficient (Wildman–Crippen LogP) is 1.75. The Morgan fingerprint density at radius 1 is 1.45 bits per heavy atom. The highest BCUT2D eigenvalue weighted by atomic mass is 16.5. The van der Waals surface area contributed by atoms with E-state index in [1.165, 1.54) is 6.26 Å². The minimum absolute atomic E-state index is 0.121. The number of rotatable bonds is 5. The van der Waals surface area contributed by atoms with E-state index in [1.54, 1.807) is 25.3 Å². The predicted molar refractivity (Wildman–Crippen MR) is 76.8 cm³/mol. The quantitative estimate of drug-likeness (QED) is 0.571. The van der Waals surface area contributed by atoms with E-state index in [0.717, 1.165) is 11.4 Å². The minimum atomic E-state index is -0.810. The number of anilines is 1. The number of aliphatic hydroxyl groups is 1. The number of nitrogens with zero attached hydrogens (tertiary/aromatic N) is 1. The summed E-state index contributed by atoms with van der Waals surface area (Å²) in [5.41, 5.74) is 6.52. The number of nitrogens with one attached hydrogen (secondary N) is 1. The zero-order valence-corrected chi connectivity index (χ0v) is 11.1. The lowest BCUT2D eigenvalue weighted by Gasteiger charge is -2.08. The van der Waals surface area contributed by atoms with Gasteiger partial charge in [0.15, 0.2) is 5.96 Å². The molecule has 0 radical (unpaired) electrons. The van der Waals surface area contributed by atoms with Crippen molar-refractivity contribution in [3.05, 3.63) is 48.4 Å². The second-order valence-electron chi connectivity index (χ2n) is 4.11. The Hall–Kier alpha value is -2.47. The molecule has 0 aliphatic rings. The number of benzene rings is 1. The van der Waals surface area contributed by atoms with Crippen molar-refractivity contribution >= 4 is 11.6 Å². The molecular formula is C14H17N3O3. The van der Waals surface area contributed by atoms with E-state index in [9.17, 15) is 5.11 Å². The maximum absolute atomic E-state index is 9.80. The monoisotopic (exact) mass is 275 g/mol. The number of aliphatic hydroxyl groups excluding tert-OH is 1. The summed E-state index contributed by atoms with van der Waals surface area (Å²) in [7, 11) is 1.59. The fourth-order valence-corrected chi connectivity index (χ4v) is 1.64. The van der Waals surface area contributed by atoms with Crippen LogP contribution in [0.25, 0.3) is 0 Å². The molecule has 0 spiro atoms. The van der Waals surface area contributed by atoms with Crippen molar-refractivity contribution in [2.24, 2.45) is 10.7 Å². The van der Waals surface area contributed by atoms with Crippen LogP contribution in [0, 0.1) is 0 Å². The van der Waals surface area contributed by atoms with Gasteiger partial charge in [-0.25, -0.2) is 4.99 Å². The fourth-order valence-electron chi connectivity index (χ4n) is 1.64. The average Bonchev–Trinajstić information content (AvgIpc) is 2.99. The van der Waals surface area contributed by atoms with Gasteiger partial charge in [0.1, 0.15) is 17.6 Å². The zero-order chi connectivity index (χ0) is 14.4. The van der Waals surface area contributed by atoms with Crippen LogP contribution in [-0.4, -0.2) is 24.7 Å². The molecular weight excluding hydrogens is 258 g/mol. The van der Waals surface area contributed by atoms with Crippen molar-refractivity contribution in [2.75, 3.05) is 19.0 Å². The molecule has 4 N–H and O–H groups in total. The van der Waals surface area contributed by atoms with Gasteiger partial charge in [0.2, 0.25) is 0 Å². The number of furan rings is 1. The summed E-state index contributed by atoms with van der Waals surface area (Å²) >= 11 is 0. The Balaban J connectivity index is 1.93. The van der Waals surface area contributed by atoms with E-state index >= 15 is 0 Å². The van der Waals surface area contributed by atoms with E-state index in [2.05, 4.69) is 10.3 Å². The second kappa shape index (κ2) is 6.63. The van der Waals surface area contributed by atoms with Crippen molar-refractivity contribution in [3.8, 4) is 5.75 Å². The number of nitrogens with two attached hydrogens (primary N) is 1. The number of hydrogen-bond donors (Lipinski definition) is 3. The first-order chi connectivity index (χ1) is 9.69. The molecule has 0 aliphatic carbocycles. The molecule has 0 fully saturated rings. The molecule has 2 rings (SSSR count). The van der Waals surface area contributed by atoms with Crippen LogP contribution in [0.4, 0.5) is 5.69 Å². The van der Waals surface area contributed by atoms with Crippen LogP contribution in [0.1, 0.15) is 11.9 Å². The van der Waals surface area contributed by atoms with Crippen molar-refractivity contribution < 1.29 is 14.3 Å². The van der Waals surface area contributed by atoms with Gasteiger partial charge >= 0.3 is 0 Å². The van der Waals surface area contributed by atoms with Crippen LogP contribution in [0.3, 0.4) is 0 Å². The van der Waals surface area contributed by atoms with Gasteiger partial charge < -0.3 is 25.3 Å². The Kier molecular flexibility index (Phi) is 4.62. The molecule has 20 heavy (non-hydrogen) atoms. The van der Waals surface area contributed by atoms with E-state index in [4.69, 9.17) is 14.9 Å². The topological polar surface area (TPSA) is 93.0 Å². The van der Waals surface area contributed by atoms with E-state index in [0.29, 0.717) is 5.76 Å². The lowest BCUT2D eigenvalue weighted by Crippen LogP contribution is -2.23. The standard InChI is InChI=1S/C14H17N3O3/c1-19-11-5-2-4-10(8-11)17-14(15)16-9-12(18)13-6-3-7-20-13/h2-8,12,18H,9H2,1H3,(H3,15,16,17). The van der Waals surface area contributed by atoms with Crippen molar-refractivity contribution in [1.29, 1.82) is 0 Å². The summed E-state index contributed by atoms with van der Waals surface area (Å²) < 4.78 is 10.2. The Bertz CT molecular complexity index is 567. The molecule has 106 valence electrons. The van der Waals surface area contributed by atoms with Gasteiger partial charge in [0.25, 0.3) is 0 Å². The number of ether oxygens (including phenoxy) is 1. The molecule has 1 heterocycles. The molecule has 6 nitrogen and oxygen atoms in total. The molecule has 1 atom stereocenters. The molecule has 0 saturated carbocycles. The normalized spacial score (nSPS) is 13.0. The molecule has 2 aromatic rings. The van der Waals surface area contributed by atoms with Crippen LogP contribution in [0.5, 0.6) is 5.75 Å². The van der Waals surface area contributed by atoms with Gasteiger partial charge in [-0.15, -0.1) is 0 Å². The molecule has 0 amide bonds. The molecule has 1 aromatic carbocycles. The highest BCUT2D eigenvalue weighted by Crippen LogP contribution is 2.16. The average molecular weight is 275 g/mol. The van der Waals surface area contributed by atoms with E-state index < -0.39 is 6.10 Å². The second-order valence-corrected chi connectivity index (χ2v) is 4.11. The number of methoxy groups -OCH3 is 1. The van der Waals surface area contributed by atoms with Crippen LogP contribution in [-0.2, 0) is 0 Å². The third-order valence-electron chi connectivity index (χ3n) is 2.65. The van der Waals surface area contributed by atoms with Crippen LogP contribution in [0.2, 0.25) is 0 Å². The third-order valence-corrected chi connectivity index (χ3v) is 2.65. The summed E-state index contributed by atoms with van der Waals surface area (Å²) in [4.78, 5) is 4.06. The van der Waals surface area contributed by atoms with Gasteiger partial charge in [-0.2, -0.15) is 0 Å². The number of hydrogen-bond acceptors (Lipinski definition) is 4. The molecule has 1 aromatic heterocycles. The summed E-state index contributed by atoms with van der Waals surface area (Å²) in [5.74, 6) is 1.39. The number of aliphatic imine (C=N–C) groups is 1. The maximum atomic E-state index is 9.80. The Labute approximate surface area is 116 Å². The van der Waals surface area contributed by atoms with Crippen LogP contribution >= 0.6 is 0 Å². The Morgan fingerprint density at radius 2 is 2.30 bits per heavy atom. The lowest BCUT2D eigenvalue weighted by atomic mass is 10.3. The Morgan fingerprint density at radius 3 is 3.00 bits per heavy atom. The fraction of sp³-hybridized carbons (Fsp3) is 0.214. The maximum Gasteiger partial charge on any atom is 0.193 e. The van der Waals surface area contributed by atoms with Crippen molar-refractivity contribution in [1.82, 2.24) is 0 Å². The first kappa shape index (κ1) is 14.0. The molecule has 6 heteroatoms. The third kappa shape index (κ3) is 3.76. The summed E-state index contributed by atoms with van der Waals surface area (Å²) in [5, 5.41) is 12.7. The van der Waals surface area contributed by atoms with E-state index in [1.807, 2.05) is 18.2 Å². The van der Waals surface area contributed by atoms with Gasteiger partial charge in [0, 0.05) is 11.8 Å². The van der Waals surface area contributed by atoms with Crippen molar-refractivity contribution in [3.63, 3.8) is 0 Å². The van der Waals surface area contributed by atoms with E-state index in [-0.39, 0.29) is 12.5 Å². The summed E-state index contributed by atoms with van der Waals surface area (Å²) in [6, 6.07) is 10.7.